The van der Waals surface area contributed by atoms with Gasteiger partial charge in [-0.1, -0.05) is 30.3 Å². The standard InChI is InChI=1S/C18H27NO4/c1-13(11-16(20)23-18(3,4)5)19-14(2)17(21)22-12-15-9-7-6-8-10-15/h6-10,13-14,19H,11-12H2,1-5H3. The van der Waals surface area contributed by atoms with Gasteiger partial charge in [-0.25, -0.2) is 0 Å². The molecule has 1 rings (SSSR count). The largest absolute Gasteiger partial charge is 0.460 e. The average molecular weight is 321 g/mol. The van der Waals surface area contributed by atoms with Gasteiger partial charge in [-0.2, -0.15) is 0 Å². The summed E-state index contributed by atoms with van der Waals surface area (Å²) in [6, 6.07) is 8.84. The van der Waals surface area contributed by atoms with Crippen LogP contribution in [0.25, 0.3) is 0 Å². The van der Waals surface area contributed by atoms with Crippen LogP contribution in [0.4, 0.5) is 0 Å². The first-order valence-corrected chi connectivity index (χ1v) is 7.86. The van der Waals surface area contributed by atoms with E-state index in [0.717, 1.165) is 5.56 Å². The van der Waals surface area contributed by atoms with Gasteiger partial charge in [0.05, 0.1) is 6.42 Å². The molecular formula is C18H27NO4. The highest BCUT2D eigenvalue weighted by atomic mass is 16.6. The molecule has 1 N–H and O–H groups in total. The minimum Gasteiger partial charge on any atom is -0.460 e. The van der Waals surface area contributed by atoms with Crippen molar-refractivity contribution in [3.8, 4) is 0 Å². The molecule has 128 valence electrons. The lowest BCUT2D eigenvalue weighted by Gasteiger charge is -2.22. The Bertz CT molecular complexity index is 508. The van der Waals surface area contributed by atoms with E-state index in [0.29, 0.717) is 0 Å². The third kappa shape index (κ3) is 8.35. The molecule has 0 aliphatic carbocycles. The van der Waals surface area contributed by atoms with Crippen LogP contribution in [-0.2, 0) is 25.7 Å². The van der Waals surface area contributed by atoms with Crippen LogP contribution in [-0.4, -0.2) is 29.6 Å². The van der Waals surface area contributed by atoms with Gasteiger partial charge in [0, 0.05) is 6.04 Å². The smallest absolute Gasteiger partial charge is 0.323 e. The Morgan fingerprint density at radius 1 is 1.13 bits per heavy atom. The van der Waals surface area contributed by atoms with Crippen LogP contribution in [0.2, 0.25) is 0 Å². The fourth-order valence-electron chi connectivity index (χ4n) is 2.04. The normalized spacial score (nSPS) is 14.0. The van der Waals surface area contributed by atoms with Crippen LogP contribution in [0.3, 0.4) is 0 Å². The molecule has 5 nitrogen and oxygen atoms in total. The van der Waals surface area contributed by atoms with Crippen molar-refractivity contribution in [2.24, 2.45) is 0 Å². The second-order valence-corrected chi connectivity index (χ2v) is 6.67. The van der Waals surface area contributed by atoms with Gasteiger partial charge in [-0.05, 0) is 40.2 Å². The zero-order valence-electron chi connectivity index (χ0n) is 14.6. The molecule has 0 fully saturated rings. The molecule has 0 radical (unpaired) electrons. The summed E-state index contributed by atoms with van der Waals surface area (Å²) in [6.45, 7) is 9.28. The Labute approximate surface area is 138 Å². The third-order valence-electron chi connectivity index (χ3n) is 3.00. The van der Waals surface area contributed by atoms with Crippen LogP contribution in [0, 0.1) is 0 Å². The highest BCUT2D eigenvalue weighted by Gasteiger charge is 2.21. The number of benzene rings is 1. The van der Waals surface area contributed by atoms with Crippen molar-refractivity contribution in [2.75, 3.05) is 0 Å². The van der Waals surface area contributed by atoms with E-state index in [1.54, 1.807) is 6.92 Å². The van der Waals surface area contributed by atoms with Crippen molar-refractivity contribution >= 4 is 11.9 Å². The first-order valence-electron chi connectivity index (χ1n) is 7.86. The number of hydrogen-bond acceptors (Lipinski definition) is 5. The van der Waals surface area contributed by atoms with Gasteiger partial charge >= 0.3 is 11.9 Å². The van der Waals surface area contributed by atoms with Crippen LogP contribution in [0.5, 0.6) is 0 Å². The number of carbonyl (C=O) groups excluding carboxylic acids is 2. The summed E-state index contributed by atoms with van der Waals surface area (Å²) in [5.41, 5.74) is 0.437. The molecule has 0 saturated heterocycles. The lowest BCUT2D eigenvalue weighted by atomic mass is 10.1. The van der Waals surface area contributed by atoms with Crippen LogP contribution < -0.4 is 5.32 Å². The Morgan fingerprint density at radius 3 is 2.30 bits per heavy atom. The second kappa shape index (κ2) is 8.67. The summed E-state index contributed by atoms with van der Waals surface area (Å²) in [7, 11) is 0. The summed E-state index contributed by atoms with van der Waals surface area (Å²) in [5.74, 6) is -0.632. The minimum absolute atomic E-state index is 0.177. The van der Waals surface area contributed by atoms with Crippen LogP contribution in [0.15, 0.2) is 30.3 Å². The molecule has 0 aliphatic heterocycles. The minimum atomic E-state index is -0.503. The van der Waals surface area contributed by atoms with Gasteiger partial charge in [-0.3, -0.25) is 9.59 Å². The summed E-state index contributed by atoms with van der Waals surface area (Å²) in [5, 5.41) is 3.06. The van der Waals surface area contributed by atoms with E-state index in [4.69, 9.17) is 9.47 Å². The van der Waals surface area contributed by atoms with Crippen molar-refractivity contribution in [1.82, 2.24) is 5.32 Å². The molecule has 1 aromatic carbocycles. The lowest BCUT2D eigenvalue weighted by Crippen LogP contribution is -2.42. The zero-order chi connectivity index (χ0) is 17.5. The van der Waals surface area contributed by atoms with Crippen molar-refractivity contribution in [3.05, 3.63) is 35.9 Å². The Kier molecular flexibility index (Phi) is 7.23. The van der Waals surface area contributed by atoms with Crippen LogP contribution >= 0.6 is 0 Å². The van der Waals surface area contributed by atoms with E-state index in [-0.39, 0.29) is 31.0 Å². The maximum atomic E-state index is 12.0. The highest BCUT2D eigenvalue weighted by Crippen LogP contribution is 2.09. The summed E-state index contributed by atoms with van der Waals surface area (Å²) < 4.78 is 10.5. The van der Waals surface area contributed by atoms with Crippen molar-refractivity contribution < 1.29 is 19.1 Å². The molecule has 0 bridgehead atoms. The maximum Gasteiger partial charge on any atom is 0.323 e. The van der Waals surface area contributed by atoms with Gasteiger partial charge in [0.15, 0.2) is 0 Å². The second-order valence-electron chi connectivity index (χ2n) is 6.67. The van der Waals surface area contributed by atoms with E-state index in [2.05, 4.69) is 5.32 Å². The molecule has 0 amide bonds. The number of rotatable bonds is 7. The van der Waals surface area contributed by atoms with Crippen LogP contribution in [0.1, 0.15) is 46.6 Å². The quantitative estimate of drug-likeness (QED) is 0.782. The summed E-state index contributed by atoms with van der Waals surface area (Å²) >= 11 is 0. The molecular weight excluding hydrogens is 294 g/mol. The molecule has 0 aliphatic rings. The highest BCUT2D eigenvalue weighted by molar-refractivity contribution is 5.75. The zero-order valence-corrected chi connectivity index (χ0v) is 14.6. The number of ether oxygens (including phenoxy) is 2. The molecule has 2 atom stereocenters. The van der Waals surface area contributed by atoms with E-state index in [9.17, 15) is 9.59 Å². The number of hydrogen-bond donors (Lipinski definition) is 1. The fraction of sp³-hybridized carbons (Fsp3) is 0.556. The van der Waals surface area contributed by atoms with Gasteiger partial charge < -0.3 is 14.8 Å². The number of nitrogens with one attached hydrogen (secondary N) is 1. The SMILES string of the molecule is CC(CC(=O)OC(C)(C)C)NC(C)C(=O)OCc1ccccc1. The molecule has 0 saturated carbocycles. The summed E-state index contributed by atoms with van der Waals surface area (Å²) in [4.78, 5) is 23.7. The lowest BCUT2D eigenvalue weighted by molar-refractivity contribution is -0.156. The van der Waals surface area contributed by atoms with Gasteiger partial charge in [-0.15, -0.1) is 0 Å². The van der Waals surface area contributed by atoms with E-state index in [1.165, 1.54) is 0 Å². The molecule has 0 aromatic heterocycles. The molecule has 23 heavy (non-hydrogen) atoms. The Hall–Kier alpha value is -1.88. The van der Waals surface area contributed by atoms with Crippen molar-refractivity contribution in [3.63, 3.8) is 0 Å². The topological polar surface area (TPSA) is 64.6 Å². The molecule has 5 heteroatoms. The number of esters is 2. The monoisotopic (exact) mass is 321 g/mol. The Morgan fingerprint density at radius 2 is 1.74 bits per heavy atom. The molecule has 0 heterocycles. The fourth-order valence-corrected chi connectivity index (χ4v) is 2.04. The van der Waals surface area contributed by atoms with E-state index >= 15 is 0 Å². The molecule has 1 aromatic rings. The predicted octanol–water partition coefficient (Wildman–Crippen LogP) is 2.83. The number of carbonyl (C=O) groups is 2. The first kappa shape index (κ1) is 19.2. The van der Waals surface area contributed by atoms with Crippen molar-refractivity contribution in [2.45, 2.75) is 65.3 Å². The van der Waals surface area contributed by atoms with Gasteiger partial charge in [0.1, 0.15) is 18.2 Å². The van der Waals surface area contributed by atoms with Gasteiger partial charge in [0.25, 0.3) is 0 Å². The molecule has 2 unspecified atom stereocenters. The first-order chi connectivity index (χ1) is 10.7. The van der Waals surface area contributed by atoms with Gasteiger partial charge in [0.2, 0.25) is 0 Å². The molecule has 0 spiro atoms. The third-order valence-corrected chi connectivity index (χ3v) is 3.00. The Balaban J connectivity index is 2.35. The van der Waals surface area contributed by atoms with E-state index < -0.39 is 11.6 Å². The van der Waals surface area contributed by atoms with E-state index in [1.807, 2.05) is 58.0 Å². The predicted molar refractivity (Wildman–Crippen MR) is 88.8 cm³/mol. The summed E-state index contributed by atoms with van der Waals surface area (Å²) in [6.07, 6.45) is 0.202. The van der Waals surface area contributed by atoms with Crippen molar-refractivity contribution in [1.29, 1.82) is 0 Å². The maximum absolute atomic E-state index is 12.0. The average Bonchev–Trinajstić information content (AvgIpc) is 2.43.